The molecule has 2 aromatic heterocycles. The molecule has 0 radical (unpaired) electrons. The maximum Gasteiger partial charge on any atom is 0.333 e. The zero-order chi connectivity index (χ0) is 14.9. The van der Waals surface area contributed by atoms with Crippen LogP contribution in [0.5, 0.6) is 0 Å². The second-order valence-electron chi connectivity index (χ2n) is 4.66. The van der Waals surface area contributed by atoms with E-state index in [1.165, 1.54) is 16.9 Å². The quantitative estimate of drug-likeness (QED) is 0.734. The highest BCUT2D eigenvalue weighted by Crippen LogP contribution is 2.26. The Labute approximate surface area is 119 Å². The number of tetrazole rings is 1. The van der Waals surface area contributed by atoms with Crippen molar-refractivity contribution in [1.82, 2.24) is 25.0 Å². The van der Waals surface area contributed by atoms with E-state index in [1.807, 2.05) is 6.07 Å². The summed E-state index contributed by atoms with van der Waals surface area (Å²) in [7, 11) is 0. The summed E-state index contributed by atoms with van der Waals surface area (Å²) in [6, 6.07) is 8.89. The molecule has 2 heterocycles. The maximum absolute atomic E-state index is 11.8. The Balaban J connectivity index is 2.08. The largest absolute Gasteiger partial charge is 0.479 e. The van der Waals surface area contributed by atoms with Crippen LogP contribution in [0.3, 0.4) is 0 Å². The lowest BCUT2D eigenvalue weighted by Crippen LogP contribution is -2.41. The third kappa shape index (κ3) is 2.16. The van der Waals surface area contributed by atoms with E-state index in [4.69, 9.17) is 0 Å². The first-order valence-electron chi connectivity index (χ1n) is 6.20. The number of hydrogen-bond acceptors (Lipinski definition) is 6. The number of nitrogens with one attached hydrogen (secondary N) is 1. The van der Waals surface area contributed by atoms with E-state index < -0.39 is 11.5 Å². The second-order valence-corrected chi connectivity index (χ2v) is 4.66. The summed E-state index contributed by atoms with van der Waals surface area (Å²) >= 11 is 0. The molecule has 2 N–H and O–H groups in total. The van der Waals surface area contributed by atoms with Crippen LogP contribution in [0.25, 0.3) is 5.65 Å². The molecule has 8 heteroatoms. The first kappa shape index (κ1) is 13.0. The SMILES string of the molecule is CC(Nc1cncc2nnnn12)(C(=O)O)c1ccccc1. The van der Waals surface area contributed by atoms with Crippen molar-refractivity contribution in [3.63, 3.8) is 0 Å². The van der Waals surface area contributed by atoms with Gasteiger partial charge in [0.15, 0.2) is 17.0 Å². The molecule has 0 bridgehead atoms. The van der Waals surface area contributed by atoms with Crippen LogP contribution in [0.1, 0.15) is 12.5 Å². The van der Waals surface area contributed by atoms with Crippen LogP contribution in [0.4, 0.5) is 5.82 Å². The van der Waals surface area contributed by atoms with E-state index in [9.17, 15) is 9.90 Å². The number of aliphatic carboxylic acids is 1. The average molecular weight is 284 g/mol. The van der Waals surface area contributed by atoms with E-state index in [0.717, 1.165) is 0 Å². The number of benzene rings is 1. The highest BCUT2D eigenvalue weighted by Gasteiger charge is 2.35. The molecule has 21 heavy (non-hydrogen) atoms. The lowest BCUT2D eigenvalue weighted by Gasteiger charge is -2.27. The highest BCUT2D eigenvalue weighted by molar-refractivity contribution is 5.83. The number of hydrogen-bond donors (Lipinski definition) is 2. The summed E-state index contributed by atoms with van der Waals surface area (Å²) in [4.78, 5) is 15.8. The second kappa shape index (κ2) is 4.82. The van der Waals surface area contributed by atoms with E-state index in [0.29, 0.717) is 17.0 Å². The number of carboxylic acids is 1. The molecule has 0 spiro atoms. The lowest BCUT2D eigenvalue weighted by atomic mass is 9.92. The monoisotopic (exact) mass is 284 g/mol. The molecule has 106 valence electrons. The van der Waals surface area contributed by atoms with Crippen LogP contribution in [0.15, 0.2) is 42.7 Å². The topological polar surface area (TPSA) is 105 Å². The molecular formula is C13H12N6O2. The fraction of sp³-hybridized carbons (Fsp3) is 0.154. The third-order valence-electron chi connectivity index (χ3n) is 3.27. The van der Waals surface area contributed by atoms with Gasteiger partial charge in [-0.15, -0.1) is 5.10 Å². The summed E-state index contributed by atoms with van der Waals surface area (Å²) in [5.41, 5.74) is -0.285. The Hall–Kier alpha value is -3.03. The molecule has 1 unspecified atom stereocenters. The minimum absolute atomic E-state index is 0.395. The van der Waals surface area contributed by atoms with Crippen LogP contribution in [-0.4, -0.2) is 36.1 Å². The van der Waals surface area contributed by atoms with Gasteiger partial charge in [0.05, 0.1) is 12.4 Å². The van der Waals surface area contributed by atoms with Crippen molar-refractivity contribution in [2.24, 2.45) is 0 Å². The van der Waals surface area contributed by atoms with E-state index in [-0.39, 0.29) is 0 Å². The van der Waals surface area contributed by atoms with Crippen LogP contribution in [-0.2, 0) is 10.3 Å². The van der Waals surface area contributed by atoms with Crippen LogP contribution in [0, 0.1) is 0 Å². The first-order chi connectivity index (χ1) is 10.1. The molecule has 0 saturated carbocycles. The molecule has 1 atom stereocenters. The molecular weight excluding hydrogens is 272 g/mol. The number of rotatable bonds is 4. The van der Waals surface area contributed by atoms with Crippen molar-refractivity contribution in [2.45, 2.75) is 12.5 Å². The van der Waals surface area contributed by atoms with Gasteiger partial charge in [0, 0.05) is 0 Å². The van der Waals surface area contributed by atoms with Crippen LogP contribution >= 0.6 is 0 Å². The predicted molar refractivity (Wildman–Crippen MR) is 73.6 cm³/mol. The summed E-state index contributed by atoms with van der Waals surface area (Å²) in [5.74, 6) is -0.620. The molecule has 3 aromatic rings. The Morgan fingerprint density at radius 2 is 2.05 bits per heavy atom. The summed E-state index contributed by atoms with van der Waals surface area (Å²) in [5, 5.41) is 23.7. The molecule has 0 aliphatic carbocycles. The van der Waals surface area contributed by atoms with Crippen molar-refractivity contribution in [1.29, 1.82) is 0 Å². The average Bonchev–Trinajstić information content (AvgIpc) is 2.97. The number of aromatic nitrogens is 5. The molecule has 0 aliphatic heterocycles. The van der Waals surface area contributed by atoms with E-state index in [1.54, 1.807) is 31.2 Å². The number of carboxylic acid groups (broad SMARTS) is 1. The van der Waals surface area contributed by atoms with Gasteiger partial charge in [-0.25, -0.2) is 4.79 Å². The van der Waals surface area contributed by atoms with Gasteiger partial charge in [-0.1, -0.05) is 30.3 Å². The molecule has 0 aliphatic rings. The molecule has 8 nitrogen and oxygen atoms in total. The zero-order valence-corrected chi connectivity index (χ0v) is 11.1. The van der Waals surface area contributed by atoms with Crippen LogP contribution in [0.2, 0.25) is 0 Å². The molecule has 0 saturated heterocycles. The van der Waals surface area contributed by atoms with Gasteiger partial charge in [0.25, 0.3) is 0 Å². The van der Waals surface area contributed by atoms with Crippen LogP contribution < -0.4 is 5.32 Å². The lowest BCUT2D eigenvalue weighted by molar-refractivity contribution is -0.142. The van der Waals surface area contributed by atoms with Crippen molar-refractivity contribution >= 4 is 17.4 Å². The molecule has 1 aromatic carbocycles. The normalized spacial score (nSPS) is 13.8. The smallest absolute Gasteiger partial charge is 0.333 e. The standard InChI is InChI=1S/C13H12N6O2/c1-13(12(20)21,9-5-3-2-4-6-9)15-10-7-14-8-11-16-17-18-19(10)11/h2-8,15H,1H3,(H,20,21). The summed E-state index contributed by atoms with van der Waals surface area (Å²) in [6.45, 7) is 1.58. The minimum atomic E-state index is -1.33. The number of anilines is 1. The number of nitrogens with zero attached hydrogens (tertiary/aromatic N) is 5. The van der Waals surface area contributed by atoms with Gasteiger partial charge >= 0.3 is 5.97 Å². The molecule has 3 rings (SSSR count). The van der Waals surface area contributed by atoms with Gasteiger partial charge in [0.2, 0.25) is 0 Å². The number of carbonyl (C=O) groups is 1. The Morgan fingerprint density at radius 1 is 1.29 bits per heavy atom. The van der Waals surface area contributed by atoms with Crippen molar-refractivity contribution < 1.29 is 9.90 Å². The van der Waals surface area contributed by atoms with Gasteiger partial charge in [-0.05, 0) is 22.9 Å². The molecule has 0 amide bonds. The van der Waals surface area contributed by atoms with Gasteiger partial charge in [-0.2, -0.15) is 4.52 Å². The first-order valence-corrected chi connectivity index (χ1v) is 6.20. The van der Waals surface area contributed by atoms with Crippen molar-refractivity contribution in [2.75, 3.05) is 5.32 Å². The fourth-order valence-corrected chi connectivity index (χ4v) is 2.04. The Bertz CT molecular complexity index is 787. The Kier molecular flexibility index (Phi) is 2.98. The van der Waals surface area contributed by atoms with Gasteiger partial charge < -0.3 is 10.4 Å². The number of fused-ring (bicyclic) bond motifs is 1. The fourth-order valence-electron chi connectivity index (χ4n) is 2.04. The van der Waals surface area contributed by atoms with E-state index >= 15 is 0 Å². The van der Waals surface area contributed by atoms with E-state index in [2.05, 4.69) is 25.8 Å². The van der Waals surface area contributed by atoms with Gasteiger partial charge in [0.1, 0.15) is 0 Å². The van der Waals surface area contributed by atoms with Crippen molar-refractivity contribution in [3.05, 3.63) is 48.3 Å². The zero-order valence-electron chi connectivity index (χ0n) is 11.1. The molecule has 0 fully saturated rings. The minimum Gasteiger partial charge on any atom is -0.479 e. The third-order valence-corrected chi connectivity index (χ3v) is 3.27. The highest BCUT2D eigenvalue weighted by atomic mass is 16.4. The summed E-state index contributed by atoms with van der Waals surface area (Å²) in [6.07, 6.45) is 2.97. The maximum atomic E-state index is 11.8. The Morgan fingerprint density at radius 3 is 2.76 bits per heavy atom. The summed E-state index contributed by atoms with van der Waals surface area (Å²) < 4.78 is 1.40. The van der Waals surface area contributed by atoms with Crippen molar-refractivity contribution in [3.8, 4) is 0 Å². The predicted octanol–water partition coefficient (Wildman–Crippen LogP) is 0.931. The van der Waals surface area contributed by atoms with Gasteiger partial charge in [-0.3, -0.25) is 4.98 Å².